The molecule has 0 aliphatic carbocycles. The summed E-state index contributed by atoms with van der Waals surface area (Å²) >= 11 is 6.08. The Kier molecular flexibility index (Phi) is 6.64. The molecule has 19 heavy (non-hydrogen) atoms. The lowest BCUT2D eigenvalue weighted by Gasteiger charge is -2.01. The van der Waals surface area contributed by atoms with E-state index in [0.29, 0.717) is 5.15 Å². The molecule has 0 radical (unpaired) electrons. The fraction of sp³-hybridized carbons (Fsp3) is 0.571. The second-order valence-corrected chi connectivity index (χ2v) is 4.96. The van der Waals surface area contributed by atoms with Gasteiger partial charge in [0.05, 0.1) is 5.69 Å². The number of hydrogen-bond donors (Lipinski definition) is 1. The zero-order valence-corrected chi connectivity index (χ0v) is 12.6. The molecule has 0 unspecified atom stereocenters. The fourth-order valence-corrected chi connectivity index (χ4v) is 2.05. The van der Waals surface area contributed by atoms with Crippen molar-refractivity contribution < 1.29 is 4.79 Å². The molecule has 1 heterocycles. The van der Waals surface area contributed by atoms with Gasteiger partial charge in [0.25, 0.3) is 0 Å². The van der Waals surface area contributed by atoms with Gasteiger partial charge in [-0.3, -0.25) is 9.48 Å². The minimum Gasteiger partial charge on any atom is -0.353 e. The summed E-state index contributed by atoms with van der Waals surface area (Å²) in [5, 5.41) is 7.59. The average molecular weight is 284 g/mol. The van der Waals surface area contributed by atoms with E-state index in [1.807, 2.05) is 6.92 Å². The topological polar surface area (TPSA) is 46.9 Å². The normalized spacial score (nSPS) is 11.2. The molecule has 1 aromatic rings. The van der Waals surface area contributed by atoms with Crippen LogP contribution in [0.2, 0.25) is 5.15 Å². The molecular formula is C14H22ClN3O. The Hall–Kier alpha value is -1.29. The lowest BCUT2D eigenvalue weighted by Crippen LogP contribution is -2.21. The first-order valence-electron chi connectivity index (χ1n) is 6.71. The van der Waals surface area contributed by atoms with Gasteiger partial charge in [0.2, 0.25) is 5.91 Å². The molecule has 1 rings (SSSR count). The maximum absolute atomic E-state index is 11.6. The van der Waals surface area contributed by atoms with Gasteiger partial charge in [0.1, 0.15) is 5.15 Å². The van der Waals surface area contributed by atoms with Crippen molar-refractivity contribution in [3.05, 3.63) is 22.5 Å². The predicted octanol–water partition coefficient (Wildman–Crippen LogP) is 3.09. The summed E-state index contributed by atoms with van der Waals surface area (Å²) < 4.78 is 1.60. The van der Waals surface area contributed by atoms with E-state index >= 15 is 0 Å². The van der Waals surface area contributed by atoms with E-state index < -0.39 is 0 Å². The summed E-state index contributed by atoms with van der Waals surface area (Å²) in [4.78, 5) is 11.6. The summed E-state index contributed by atoms with van der Waals surface area (Å²) in [5.41, 5.74) is 1.62. The third-order valence-electron chi connectivity index (χ3n) is 2.93. The average Bonchev–Trinajstić information content (AvgIpc) is 2.61. The molecule has 0 aromatic carbocycles. The van der Waals surface area contributed by atoms with Crippen molar-refractivity contribution in [2.24, 2.45) is 7.05 Å². The van der Waals surface area contributed by atoms with Crippen LogP contribution in [0.15, 0.2) is 6.08 Å². The summed E-state index contributed by atoms with van der Waals surface area (Å²) in [7, 11) is 1.78. The van der Waals surface area contributed by atoms with Crippen LogP contribution in [0.1, 0.15) is 43.9 Å². The van der Waals surface area contributed by atoms with Crippen LogP contribution >= 0.6 is 11.6 Å². The molecule has 4 nitrogen and oxygen atoms in total. The number of nitrogens with one attached hydrogen (secondary N) is 1. The smallest absolute Gasteiger partial charge is 0.244 e. The Morgan fingerprint density at radius 2 is 2.16 bits per heavy atom. The molecule has 0 spiro atoms. The van der Waals surface area contributed by atoms with Gasteiger partial charge in [-0.1, -0.05) is 37.8 Å². The van der Waals surface area contributed by atoms with Crippen LogP contribution in [-0.2, 0) is 11.8 Å². The number of unbranched alkanes of at least 4 members (excludes halogenated alkanes) is 3. The number of nitrogens with zero attached hydrogens (tertiary/aromatic N) is 2. The molecule has 0 saturated carbocycles. The van der Waals surface area contributed by atoms with Crippen molar-refractivity contribution in [2.45, 2.75) is 39.5 Å². The first-order valence-corrected chi connectivity index (χ1v) is 7.09. The lowest BCUT2D eigenvalue weighted by atomic mass is 10.2. The lowest BCUT2D eigenvalue weighted by molar-refractivity contribution is -0.116. The van der Waals surface area contributed by atoms with E-state index in [4.69, 9.17) is 11.6 Å². The Bertz CT molecular complexity index is 452. The summed E-state index contributed by atoms with van der Waals surface area (Å²) in [6.45, 7) is 4.76. The standard InChI is InChI=1S/C14H22ClN3O/c1-4-5-6-7-10-16-13(19)9-8-12-11(2)17-18(3)14(12)15/h8-9H,4-7,10H2,1-3H3,(H,16,19)/b9-8+. The molecule has 1 amide bonds. The van der Waals surface area contributed by atoms with Crippen LogP contribution in [0.3, 0.4) is 0 Å². The Labute approximate surface area is 119 Å². The molecule has 0 bridgehead atoms. The van der Waals surface area contributed by atoms with E-state index in [9.17, 15) is 4.79 Å². The highest BCUT2D eigenvalue weighted by Crippen LogP contribution is 2.19. The van der Waals surface area contributed by atoms with Gasteiger partial charge >= 0.3 is 0 Å². The van der Waals surface area contributed by atoms with E-state index in [1.165, 1.54) is 18.9 Å². The number of carbonyl (C=O) groups excluding carboxylic acids is 1. The van der Waals surface area contributed by atoms with Crippen LogP contribution in [-0.4, -0.2) is 22.2 Å². The van der Waals surface area contributed by atoms with E-state index in [2.05, 4.69) is 17.3 Å². The first kappa shape index (κ1) is 15.8. The summed E-state index contributed by atoms with van der Waals surface area (Å²) in [5.74, 6) is -0.0872. The van der Waals surface area contributed by atoms with E-state index in [1.54, 1.807) is 17.8 Å². The first-order chi connectivity index (χ1) is 9.06. The number of aromatic nitrogens is 2. The van der Waals surface area contributed by atoms with Gasteiger partial charge in [0.15, 0.2) is 0 Å². The molecule has 0 aliphatic rings. The largest absolute Gasteiger partial charge is 0.353 e. The number of rotatable bonds is 7. The second-order valence-electron chi connectivity index (χ2n) is 4.60. The van der Waals surface area contributed by atoms with Crippen molar-refractivity contribution in [2.75, 3.05) is 6.54 Å². The fourth-order valence-electron chi connectivity index (χ4n) is 1.82. The highest BCUT2D eigenvalue weighted by molar-refractivity contribution is 6.31. The monoisotopic (exact) mass is 283 g/mol. The molecule has 0 saturated heterocycles. The second kappa shape index (κ2) is 8.00. The number of halogens is 1. The zero-order valence-electron chi connectivity index (χ0n) is 11.9. The SMILES string of the molecule is CCCCCCNC(=O)/C=C/c1c(C)nn(C)c1Cl. The maximum Gasteiger partial charge on any atom is 0.244 e. The molecular weight excluding hydrogens is 262 g/mol. The Morgan fingerprint density at radius 3 is 2.74 bits per heavy atom. The van der Waals surface area contributed by atoms with Crippen LogP contribution in [0.4, 0.5) is 0 Å². The number of carbonyl (C=O) groups is 1. The molecule has 0 aliphatic heterocycles. The zero-order chi connectivity index (χ0) is 14.3. The summed E-state index contributed by atoms with van der Waals surface area (Å²) in [6.07, 6.45) is 7.83. The van der Waals surface area contributed by atoms with Crippen LogP contribution < -0.4 is 5.32 Å². The predicted molar refractivity (Wildman–Crippen MR) is 79.1 cm³/mol. The van der Waals surface area contributed by atoms with Gasteiger partial charge in [-0.15, -0.1) is 0 Å². The minimum absolute atomic E-state index is 0.0872. The molecule has 1 N–H and O–H groups in total. The molecule has 1 aromatic heterocycles. The molecule has 0 fully saturated rings. The van der Waals surface area contributed by atoms with Gasteiger partial charge < -0.3 is 5.32 Å². The number of aryl methyl sites for hydroxylation is 2. The van der Waals surface area contributed by atoms with Crippen molar-refractivity contribution in [1.29, 1.82) is 0 Å². The third kappa shape index (κ3) is 5.07. The highest BCUT2D eigenvalue weighted by atomic mass is 35.5. The van der Waals surface area contributed by atoms with Crippen molar-refractivity contribution >= 4 is 23.6 Å². The number of amides is 1. The van der Waals surface area contributed by atoms with Gasteiger partial charge in [-0.05, 0) is 19.4 Å². The van der Waals surface area contributed by atoms with Crippen LogP contribution in [0.5, 0.6) is 0 Å². The van der Waals surface area contributed by atoms with Crippen LogP contribution in [0.25, 0.3) is 6.08 Å². The Morgan fingerprint density at radius 1 is 1.42 bits per heavy atom. The van der Waals surface area contributed by atoms with Crippen LogP contribution in [0, 0.1) is 6.92 Å². The minimum atomic E-state index is -0.0872. The Balaban J connectivity index is 2.41. The molecule has 106 valence electrons. The highest BCUT2D eigenvalue weighted by Gasteiger charge is 2.08. The van der Waals surface area contributed by atoms with Crippen molar-refractivity contribution in [3.8, 4) is 0 Å². The summed E-state index contributed by atoms with van der Waals surface area (Å²) in [6, 6.07) is 0. The van der Waals surface area contributed by atoms with E-state index in [-0.39, 0.29) is 5.91 Å². The van der Waals surface area contributed by atoms with Crippen molar-refractivity contribution in [3.63, 3.8) is 0 Å². The van der Waals surface area contributed by atoms with Gasteiger partial charge in [-0.25, -0.2) is 0 Å². The van der Waals surface area contributed by atoms with E-state index in [0.717, 1.165) is 30.6 Å². The molecule has 0 atom stereocenters. The number of hydrogen-bond acceptors (Lipinski definition) is 2. The van der Waals surface area contributed by atoms with Gasteiger partial charge in [-0.2, -0.15) is 5.10 Å². The maximum atomic E-state index is 11.6. The molecule has 5 heteroatoms. The quantitative estimate of drug-likeness (QED) is 0.617. The van der Waals surface area contributed by atoms with Gasteiger partial charge in [0, 0.05) is 25.2 Å². The van der Waals surface area contributed by atoms with Crippen molar-refractivity contribution in [1.82, 2.24) is 15.1 Å². The third-order valence-corrected chi connectivity index (χ3v) is 3.38.